The van der Waals surface area contributed by atoms with E-state index in [1.54, 1.807) is 6.92 Å². The molecule has 11 nitrogen and oxygen atoms in total. The van der Waals surface area contributed by atoms with Crippen molar-refractivity contribution in [3.05, 3.63) is 54.5 Å². The number of anilines is 1. The second-order valence-corrected chi connectivity index (χ2v) is 8.97. The predicted molar refractivity (Wildman–Crippen MR) is 134 cm³/mol. The van der Waals surface area contributed by atoms with E-state index in [-0.39, 0.29) is 12.5 Å². The first-order chi connectivity index (χ1) is 17.9. The average Bonchev–Trinajstić information content (AvgIpc) is 3.29. The third kappa shape index (κ3) is 5.35. The van der Waals surface area contributed by atoms with Crippen LogP contribution < -0.4 is 14.8 Å². The van der Waals surface area contributed by atoms with Crippen LogP contribution in [0.3, 0.4) is 0 Å². The second kappa shape index (κ2) is 10.2. The molecule has 1 amide bonds. The number of ether oxygens (including phenoxy) is 3. The van der Waals surface area contributed by atoms with Crippen LogP contribution in [0.25, 0.3) is 32.0 Å². The molecule has 0 saturated heterocycles. The highest BCUT2D eigenvalue weighted by Crippen LogP contribution is 2.35. The first-order valence-electron chi connectivity index (χ1n) is 11.0. The van der Waals surface area contributed by atoms with Crippen LogP contribution in [-0.2, 0) is 4.74 Å². The van der Waals surface area contributed by atoms with Gasteiger partial charge >= 0.3 is 6.09 Å². The van der Waals surface area contributed by atoms with E-state index in [9.17, 15) is 9.18 Å². The maximum absolute atomic E-state index is 14.8. The number of amides is 1. The zero-order valence-corrected chi connectivity index (χ0v) is 20.7. The third-order valence-corrected chi connectivity index (χ3v) is 6.08. The molecule has 1 N–H and O–H groups in total. The lowest BCUT2D eigenvalue weighted by molar-refractivity contribution is 0.0941. The van der Waals surface area contributed by atoms with Crippen molar-refractivity contribution in [1.29, 1.82) is 0 Å². The van der Waals surface area contributed by atoms with Crippen molar-refractivity contribution < 1.29 is 23.4 Å². The lowest BCUT2D eigenvalue weighted by Gasteiger charge is -2.14. The molecule has 0 unspecified atom stereocenters. The molecule has 0 fully saturated rings. The molecule has 0 aliphatic heterocycles. The molecule has 4 aromatic heterocycles. The molecule has 5 aromatic rings. The topological polar surface area (TPSA) is 134 Å². The Morgan fingerprint density at radius 3 is 2.70 bits per heavy atom. The number of benzene rings is 1. The van der Waals surface area contributed by atoms with Gasteiger partial charge in [0.1, 0.15) is 34.4 Å². The van der Waals surface area contributed by atoms with Crippen molar-refractivity contribution in [3.63, 3.8) is 0 Å². The number of aryl methyl sites for hydroxylation is 1. The normalized spacial score (nSPS) is 11.9. The maximum Gasteiger partial charge on any atom is 0.411 e. The molecule has 1 atom stereocenters. The monoisotopic (exact) mass is 521 g/mol. The Morgan fingerprint density at radius 2 is 1.92 bits per heavy atom. The molecule has 0 aliphatic carbocycles. The van der Waals surface area contributed by atoms with Crippen LogP contribution >= 0.6 is 11.3 Å². The van der Waals surface area contributed by atoms with Gasteiger partial charge in [-0.3, -0.25) is 5.32 Å². The first-order valence-corrected chi connectivity index (χ1v) is 11.9. The molecule has 0 saturated carbocycles. The number of thiazole rings is 1. The van der Waals surface area contributed by atoms with Crippen molar-refractivity contribution in [2.75, 3.05) is 19.0 Å². The molecule has 0 radical (unpaired) electrons. The summed E-state index contributed by atoms with van der Waals surface area (Å²) in [5.41, 5.74) is 3.79. The van der Waals surface area contributed by atoms with Crippen LogP contribution in [0.5, 0.6) is 11.8 Å². The van der Waals surface area contributed by atoms with Crippen LogP contribution in [-0.4, -0.2) is 55.8 Å². The molecular formula is C24H20FN7O4S. The minimum atomic E-state index is -0.715. The fraction of sp³-hybridized carbons (Fsp3) is 0.208. The van der Waals surface area contributed by atoms with Gasteiger partial charge in [-0.2, -0.15) is 4.98 Å². The Bertz CT molecular complexity index is 1600. The van der Waals surface area contributed by atoms with Crippen LogP contribution in [0.4, 0.5) is 14.9 Å². The number of methoxy groups -OCH3 is 1. The number of halogens is 1. The smallest absolute Gasteiger partial charge is 0.411 e. The quantitative estimate of drug-likeness (QED) is 0.325. The van der Waals surface area contributed by atoms with Crippen LogP contribution in [0.2, 0.25) is 0 Å². The van der Waals surface area contributed by atoms with Gasteiger partial charge in [0, 0.05) is 11.6 Å². The number of rotatable bonds is 7. The lowest BCUT2D eigenvalue weighted by atomic mass is 10.1. The summed E-state index contributed by atoms with van der Waals surface area (Å²) < 4.78 is 30.7. The Kier molecular flexibility index (Phi) is 6.68. The lowest BCUT2D eigenvalue weighted by Crippen LogP contribution is -2.24. The first kappa shape index (κ1) is 24.2. The van der Waals surface area contributed by atoms with Gasteiger partial charge in [-0.25, -0.2) is 34.1 Å². The fourth-order valence-electron chi connectivity index (χ4n) is 3.47. The van der Waals surface area contributed by atoms with E-state index in [0.717, 1.165) is 11.1 Å². The average molecular weight is 522 g/mol. The van der Waals surface area contributed by atoms with Crippen molar-refractivity contribution in [2.45, 2.75) is 20.0 Å². The summed E-state index contributed by atoms with van der Waals surface area (Å²) in [6.07, 6.45) is 4.34. The SMILES string of the molecule is COc1cnc2c(-c3nc4cc(F)c(O[C@@H](C)COC(=O)Nc5cncnc5)nc4s3)cc(C)cc2n1. The number of nitrogens with zero attached hydrogens (tertiary/aromatic N) is 6. The molecule has 37 heavy (non-hydrogen) atoms. The summed E-state index contributed by atoms with van der Waals surface area (Å²) in [7, 11) is 1.53. The molecule has 188 valence electrons. The standard InChI is InChI=1S/C24H20FN7O4S/c1-12-4-15(20-17(5-12)30-19(34-3)9-28-20)22-31-18-6-16(25)21(32-23(18)37-22)36-13(2)10-35-24(33)29-14-7-26-11-27-8-14/h4-9,11,13H,10H2,1-3H3,(H,29,33)/t13-/m0/s1. The second-order valence-electron chi connectivity index (χ2n) is 7.99. The van der Waals surface area contributed by atoms with Crippen LogP contribution in [0.1, 0.15) is 12.5 Å². The summed E-state index contributed by atoms with van der Waals surface area (Å²) in [4.78, 5) is 37.9. The number of hydrogen-bond acceptors (Lipinski definition) is 11. The van der Waals surface area contributed by atoms with Crippen molar-refractivity contribution >= 4 is 44.5 Å². The minimum Gasteiger partial charge on any atom is -0.480 e. The molecule has 0 bridgehead atoms. The number of nitrogens with one attached hydrogen (secondary N) is 1. The molecule has 5 rings (SSSR count). The molecule has 1 aromatic carbocycles. The molecular weight excluding hydrogens is 501 g/mol. The Balaban J connectivity index is 1.34. The van der Waals surface area contributed by atoms with E-state index < -0.39 is 18.0 Å². The number of carbonyl (C=O) groups is 1. The Hall–Kier alpha value is -4.52. The molecule has 4 heterocycles. The van der Waals surface area contributed by atoms with Gasteiger partial charge in [-0.05, 0) is 31.5 Å². The Labute approximate surface area is 213 Å². The summed E-state index contributed by atoms with van der Waals surface area (Å²) in [6.45, 7) is 3.44. The summed E-state index contributed by atoms with van der Waals surface area (Å²) in [5.74, 6) is -0.487. The minimum absolute atomic E-state index is 0.135. The Morgan fingerprint density at radius 1 is 1.11 bits per heavy atom. The van der Waals surface area contributed by atoms with Crippen LogP contribution in [0, 0.1) is 12.7 Å². The summed E-state index contributed by atoms with van der Waals surface area (Å²) >= 11 is 1.28. The maximum atomic E-state index is 14.8. The third-order valence-electron chi connectivity index (χ3n) is 5.08. The summed E-state index contributed by atoms with van der Waals surface area (Å²) in [6, 6.07) is 5.12. The van der Waals surface area contributed by atoms with Gasteiger partial charge in [0.05, 0.1) is 42.4 Å². The van der Waals surface area contributed by atoms with Crippen molar-refractivity contribution in [2.24, 2.45) is 0 Å². The number of carbonyl (C=O) groups excluding carboxylic acids is 1. The van der Waals surface area contributed by atoms with E-state index in [4.69, 9.17) is 14.2 Å². The fourth-order valence-corrected chi connectivity index (χ4v) is 4.40. The highest BCUT2D eigenvalue weighted by molar-refractivity contribution is 7.21. The highest BCUT2D eigenvalue weighted by Gasteiger charge is 2.18. The van der Waals surface area contributed by atoms with E-state index in [0.29, 0.717) is 38.0 Å². The number of pyridine rings is 1. The van der Waals surface area contributed by atoms with Gasteiger partial charge in [0.2, 0.25) is 5.88 Å². The van der Waals surface area contributed by atoms with E-state index in [1.807, 2.05) is 19.1 Å². The molecule has 13 heteroatoms. The molecule has 0 aliphatic rings. The van der Waals surface area contributed by atoms with E-state index in [1.165, 1.54) is 49.4 Å². The zero-order chi connectivity index (χ0) is 25.9. The highest BCUT2D eigenvalue weighted by atomic mass is 32.1. The van der Waals surface area contributed by atoms with Crippen molar-refractivity contribution in [1.82, 2.24) is 29.9 Å². The number of hydrogen-bond donors (Lipinski definition) is 1. The summed E-state index contributed by atoms with van der Waals surface area (Å²) in [5, 5.41) is 3.10. The van der Waals surface area contributed by atoms with Crippen molar-refractivity contribution in [3.8, 4) is 22.3 Å². The zero-order valence-electron chi connectivity index (χ0n) is 19.9. The van der Waals surface area contributed by atoms with E-state index in [2.05, 4.69) is 35.2 Å². The van der Waals surface area contributed by atoms with Gasteiger partial charge < -0.3 is 14.2 Å². The molecule has 0 spiro atoms. The van der Waals surface area contributed by atoms with Gasteiger partial charge in [0.25, 0.3) is 5.88 Å². The van der Waals surface area contributed by atoms with Gasteiger partial charge in [-0.15, -0.1) is 0 Å². The van der Waals surface area contributed by atoms with Crippen LogP contribution in [0.15, 0.2) is 43.1 Å². The largest absolute Gasteiger partial charge is 0.480 e. The predicted octanol–water partition coefficient (Wildman–Crippen LogP) is 4.56. The van der Waals surface area contributed by atoms with Gasteiger partial charge in [0.15, 0.2) is 5.82 Å². The van der Waals surface area contributed by atoms with Gasteiger partial charge in [-0.1, -0.05) is 11.3 Å². The number of fused-ring (bicyclic) bond motifs is 2. The van der Waals surface area contributed by atoms with E-state index >= 15 is 0 Å². The number of aromatic nitrogens is 6.